The van der Waals surface area contributed by atoms with Gasteiger partial charge in [-0.15, -0.1) is 0 Å². The maximum absolute atomic E-state index is 11.7. The van der Waals surface area contributed by atoms with Gasteiger partial charge >= 0.3 is 6.03 Å². The van der Waals surface area contributed by atoms with Crippen LogP contribution in [0.4, 0.5) is 4.79 Å². The number of amides is 3. The molecule has 0 fully saturated rings. The summed E-state index contributed by atoms with van der Waals surface area (Å²) in [4.78, 5) is 23.3. The first-order valence-electron chi connectivity index (χ1n) is 6.88. The van der Waals surface area contributed by atoms with E-state index in [2.05, 4.69) is 10.6 Å². The molecule has 0 bridgehead atoms. The van der Waals surface area contributed by atoms with Crippen LogP contribution >= 0.6 is 11.6 Å². The second kappa shape index (κ2) is 7.43. The van der Waals surface area contributed by atoms with Gasteiger partial charge in [0, 0.05) is 16.1 Å². The minimum Gasteiger partial charge on any atom is -0.333 e. The largest absolute Gasteiger partial charge is 0.333 e. The van der Waals surface area contributed by atoms with Crippen LogP contribution in [0, 0.1) is 0 Å². The first kappa shape index (κ1) is 17.5. The van der Waals surface area contributed by atoms with Gasteiger partial charge in [-0.25, -0.2) is 4.79 Å². The number of rotatable bonds is 4. The summed E-state index contributed by atoms with van der Waals surface area (Å²) >= 11 is 5.84. The molecule has 116 valence electrons. The van der Waals surface area contributed by atoms with Crippen molar-refractivity contribution in [1.29, 1.82) is 0 Å². The minimum atomic E-state index is -0.472. The highest BCUT2D eigenvalue weighted by molar-refractivity contribution is 6.30. The molecule has 4 N–H and O–H groups in total. The Bertz CT molecular complexity index is 495. The van der Waals surface area contributed by atoms with Crippen molar-refractivity contribution in [2.45, 2.75) is 39.3 Å². The summed E-state index contributed by atoms with van der Waals surface area (Å²) in [5.41, 5.74) is 0.705. The lowest BCUT2D eigenvalue weighted by Gasteiger charge is -2.20. The van der Waals surface area contributed by atoms with Crippen molar-refractivity contribution in [3.8, 4) is 0 Å². The van der Waals surface area contributed by atoms with E-state index in [0.717, 1.165) is 5.56 Å². The van der Waals surface area contributed by atoms with Crippen molar-refractivity contribution in [1.82, 2.24) is 10.6 Å². The predicted molar refractivity (Wildman–Crippen MR) is 83.1 cm³/mol. The molecule has 0 saturated heterocycles. The minimum absolute atomic E-state index is 0.110. The van der Waals surface area contributed by atoms with Crippen LogP contribution in [0.2, 0.25) is 5.02 Å². The average Bonchev–Trinajstić information content (AvgIpc) is 2.34. The highest BCUT2D eigenvalue weighted by Crippen LogP contribution is 2.13. The van der Waals surface area contributed by atoms with Crippen LogP contribution in [-0.2, 0) is 4.79 Å². The highest BCUT2D eigenvalue weighted by atomic mass is 35.5. The molecular weight excluding hydrogens is 290 g/mol. The molecule has 5 nitrogen and oxygen atoms in total. The summed E-state index contributed by atoms with van der Waals surface area (Å²) in [5.74, 6) is -0.322. The maximum atomic E-state index is 11.7. The normalized spacial score (nSPS) is 12.6. The molecular formula is C15H23ClN3O2+. The van der Waals surface area contributed by atoms with Crippen molar-refractivity contribution in [2.75, 3.05) is 6.54 Å². The molecule has 6 heteroatoms. The van der Waals surface area contributed by atoms with Crippen LogP contribution < -0.4 is 16.0 Å². The number of carbonyl (C=O) groups is 2. The van der Waals surface area contributed by atoms with Gasteiger partial charge < -0.3 is 10.6 Å². The molecule has 1 atom stereocenters. The number of imide groups is 1. The maximum Gasteiger partial charge on any atom is 0.322 e. The predicted octanol–water partition coefficient (Wildman–Crippen LogP) is 1.59. The number of carbonyl (C=O) groups excluding carboxylic acids is 2. The van der Waals surface area contributed by atoms with Crippen molar-refractivity contribution in [3.05, 3.63) is 34.9 Å². The van der Waals surface area contributed by atoms with E-state index in [1.807, 2.05) is 57.3 Å². The molecule has 1 aromatic rings. The van der Waals surface area contributed by atoms with Gasteiger partial charge in [-0.3, -0.25) is 10.1 Å². The summed E-state index contributed by atoms with van der Waals surface area (Å²) in [5, 5.41) is 7.53. The molecule has 3 amide bonds. The Labute approximate surface area is 130 Å². The first-order valence-corrected chi connectivity index (χ1v) is 7.26. The number of urea groups is 1. The lowest BCUT2D eigenvalue weighted by molar-refractivity contribution is -0.682. The summed E-state index contributed by atoms with van der Waals surface area (Å²) in [7, 11) is 0. The summed E-state index contributed by atoms with van der Waals surface area (Å²) in [6, 6.07) is 7.12. The van der Waals surface area contributed by atoms with Gasteiger partial charge in [0.05, 0.1) is 0 Å². The van der Waals surface area contributed by atoms with Crippen LogP contribution in [0.1, 0.15) is 39.3 Å². The van der Waals surface area contributed by atoms with E-state index < -0.39 is 6.03 Å². The van der Waals surface area contributed by atoms with E-state index in [4.69, 9.17) is 11.6 Å². The lowest BCUT2D eigenvalue weighted by atomic mass is 10.1. The Kier molecular flexibility index (Phi) is 6.18. The zero-order chi connectivity index (χ0) is 16.0. The molecule has 0 aliphatic heterocycles. The Morgan fingerprint density at radius 1 is 1.24 bits per heavy atom. The average molecular weight is 313 g/mol. The van der Waals surface area contributed by atoms with E-state index in [0.29, 0.717) is 5.02 Å². The fourth-order valence-corrected chi connectivity index (χ4v) is 1.86. The van der Waals surface area contributed by atoms with Gasteiger partial charge in [0.25, 0.3) is 5.91 Å². The summed E-state index contributed by atoms with van der Waals surface area (Å²) in [6.07, 6.45) is 0. The van der Waals surface area contributed by atoms with Gasteiger partial charge in [-0.2, -0.15) is 0 Å². The number of hydrogen-bond donors (Lipinski definition) is 3. The first-order chi connectivity index (χ1) is 9.67. The van der Waals surface area contributed by atoms with Crippen LogP contribution in [0.25, 0.3) is 0 Å². The molecule has 1 aromatic carbocycles. The standard InChI is InChI=1S/C15H22ClN3O2/c1-10(11-5-7-12(16)8-6-11)17-9-13(20)18-14(21)19-15(2,3)4/h5-8,10,17H,9H2,1-4H3,(H2,18,19,20,21)/p+1/t10-/m0/s1. The van der Waals surface area contributed by atoms with E-state index in [-0.39, 0.29) is 24.0 Å². The number of quaternary nitrogens is 1. The quantitative estimate of drug-likeness (QED) is 0.790. The van der Waals surface area contributed by atoms with Crippen molar-refractivity contribution >= 4 is 23.5 Å². The molecule has 21 heavy (non-hydrogen) atoms. The fraction of sp³-hybridized carbons (Fsp3) is 0.467. The van der Waals surface area contributed by atoms with E-state index in [9.17, 15) is 9.59 Å². The topological polar surface area (TPSA) is 74.8 Å². The van der Waals surface area contributed by atoms with Crippen LogP contribution in [0.3, 0.4) is 0 Å². The number of halogens is 1. The third kappa shape index (κ3) is 7.11. The Morgan fingerprint density at radius 3 is 2.33 bits per heavy atom. The van der Waals surface area contributed by atoms with Crippen molar-refractivity contribution in [2.24, 2.45) is 0 Å². The van der Waals surface area contributed by atoms with Crippen molar-refractivity contribution < 1.29 is 14.9 Å². The number of hydrogen-bond acceptors (Lipinski definition) is 2. The molecule has 0 unspecified atom stereocenters. The SMILES string of the molecule is C[C@H]([NH2+]CC(=O)NC(=O)NC(C)(C)C)c1ccc(Cl)cc1. The highest BCUT2D eigenvalue weighted by Gasteiger charge is 2.17. The fourth-order valence-electron chi connectivity index (χ4n) is 1.74. The molecule has 0 saturated carbocycles. The second-order valence-electron chi connectivity index (χ2n) is 6.03. The van der Waals surface area contributed by atoms with Gasteiger partial charge in [0.1, 0.15) is 6.04 Å². The Hall–Kier alpha value is -1.59. The zero-order valence-electron chi connectivity index (χ0n) is 12.9. The summed E-state index contributed by atoms with van der Waals surface area (Å²) in [6.45, 7) is 7.73. The Morgan fingerprint density at radius 2 is 1.81 bits per heavy atom. The number of nitrogens with two attached hydrogens (primary N) is 1. The van der Waals surface area contributed by atoms with Gasteiger partial charge in [0.2, 0.25) is 0 Å². The molecule has 0 aliphatic carbocycles. The van der Waals surface area contributed by atoms with Crippen LogP contribution in [0.5, 0.6) is 0 Å². The van der Waals surface area contributed by atoms with Gasteiger partial charge in [-0.1, -0.05) is 23.7 Å². The Balaban J connectivity index is 2.39. The van der Waals surface area contributed by atoms with E-state index >= 15 is 0 Å². The second-order valence-corrected chi connectivity index (χ2v) is 6.47. The molecule has 0 aliphatic rings. The lowest BCUT2D eigenvalue weighted by Crippen LogP contribution is -2.87. The summed E-state index contributed by atoms with van der Waals surface area (Å²) < 4.78 is 0. The number of nitrogens with one attached hydrogen (secondary N) is 2. The molecule has 1 rings (SSSR count). The third-order valence-electron chi connectivity index (χ3n) is 2.79. The molecule has 0 aromatic heterocycles. The van der Waals surface area contributed by atoms with Gasteiger partial charge in [-0.05, 0) is 39.8 Å². The van der Waals surface area contributed by atoms with Crippen LogP contribution in [0.15, 0.2) is 24.3 Å². The molecule has 0 spiro atoms. The number of benzene rings is 1. The van der Waals surface area contributed by atoms with Gasteiger partial charge in [0.15, 0.2) is 6.54 Å². The van der Waals surface area contributed by atoms with Crippen LogP contribution in [-0.4, -0.2) is 24.0 Å². The molecule has 0 heterocycles. The van der Waals surface area contributed by atoms with E-state index in [1.54, 1.807) is 0 Å². The van der Waals surface area contributed by atoms with Crippen molar-refractivity contribution in [3.63, 3.8) is 0 Å². The third-order valence-corrected chi connectivity index (χ3v) is 3.05. The van der Waals surface area contributed by atoms with E-state index in [1.165, 1.54) is 0 Å². The smallest absolute Gasteiger partial charge is 0.322 e. The molecule has 0 radical (unpaired) electrons. The zero-order valence-corrected chi connectivity index (χ0v) is 13.6. The monoisotopic (exact) mass is 312 g/mol.